The van der Waals surface area contributed by atoms with Gasteiger partial charge in [-0.1, -0.05) is 18.2 Å². The number of carbonyl (C=O) groups excluding carboxylic acids is 2. The molecule has 0 aliphatic carbocycles. The summed E-state index contributed by atoms with van der Waals surface area (Å²) >= 11 is 0. The largest absolute Gasteiger partial charge is 0.493 e. The lowest BCUT2D eigenvalue weighted by molar-refractivity contribution is -0.128. The Morgan fingerprint density at radius 3 is 2.68 bits per heavy atom. The van der Waals surface area contributed by atoms with Gasteiger partial charge >= 0.3 is 0 Å². The number of hydrogen-bond donors (Lipinski definition) is 2. The third-order valence-electron chi connectivity index (χ3n) is 4.22. The molecule has 0 saturated carbocycles. The van der Waals surface area contributed by atoms with Gasteiger partial charge in [0, 0.05) is 17.5 Å². The summed E-state index contributed by atoms with van der Waals surface area (Å²) in [5, 5.41) is 5.99. The maximum absolute atomic E-state index is 12.6. The number of ether oxygens (including phenoxy) is 1. The first-order valence-corrected chi connectivity index (χ1v) is 8.71. The van der Waals surface area contributed by atoms with E-state index in [9.17, 15) is 9.59 Å². The van der Waals surface area contributed by atoms with E-state index in [0.717, 1.165) is 17.7 Å². The second-order valence-electron chi connectivity index (χ2n) is 7.63. The zero-order valence-electron chi connectivity index (χ0n) is 15.8. The number of nitrogens with one attached hydrogen (secondary N) is 2. The molecule has 6 heteroatoms. The molecule has 2 atom stereocenters. The highest BCUT2D eigenvalue weighted by Gasteiger charge is 2.27. The molecule has 2 amide bonds. The first-order valence-electron chi connectivity index (χ1n) is 8.71. The number of fused-ring (bicyclic) bond motifs is 1. The molecular weight excluding hydrogens is 318 g/mol. The fourth-order valence-electron chi connectivity index (χ4n) is 2.81. The van der Waals surface area contributed by atoms with Crippen LogP contribution in [0.2, 0.25) is 0 Å². The van der Waals surface area contributed by atoms with Gasteiger partial charge in [0.2, 0.25) is 11.8 Å². The Balaban J connectivity index is 1.93. The highest BCUT2D eigenvalue weighted by Crippen LogP contribution is 2.31. The highest BCUT2D eigenvalue weighted by atomic mass is 16.5. The normalized spacial score (nSPS) is 18.1. The number of likely N-dealkylation sites (N-methyl/N-ethyl adjacent to an activating group) is 1. The van der Waals surface area contributed by atoms with Gasteiger partial charge < -0.3 is 15.4 Å². The maximum atomic E-state index is 12.6. The predicted octanol–water partition coefficient (Wildman–Crippen LogP) is 1.86. The number of amides is 2. The van der Waals surface area contributed by atoms with Gasteiger partial charge in [0.1, 0.15) is 5.75 Å². The Hall–Kier alpha value is -2.08. The zero-order valence-corrected chi connectivity index (χ0v) is 15.8. The molecule has 1 aromatic rings. The van der Waals surface area contributed by atoms with Crippen LogP contribution >= 0.6 is 0 Å². The lowest BCUT2D eigenvalue weighted by atomic mass is 10.0. The molecule has 2 N–H and O–H groups in total. The Bertz CT molecular complexity index is 625. The van der Waals surface area contributed by atoms with Gasteiger partial charge in [-0.2, -0.15) is 0 Å². The Labute approximate surface area is 149 Å². The summed E-state index contributed by atoms with van der Waals surface area (Å²) in [6, 6.07) is 7.30. The summed E-state index contributed by atoms with van der Waals surface area (Å²) in [5.41, 5.74) is 0.720. The van der Waals surface area contributed by atoms with Gasteiger partial charge in [0.25, 0.3) is 0 Å². The highest BCUT2D eigenvalue weighted by molar-refractivity contribution is 5.83. The smallest absolute Gasteiger partial charge is 0.237 e. The third kappa shape index (κ3) is 5.46. The molecular formula is C19H29N3O3. The fraction of sp³-hybridized carbons (Fsp3) is 0.579. The van der Waals surface area contributed by atoms with E-state index >= 15 is 0 Å². The Morgan fingerprint density at radius 1 is 1.32 bits per heavy atom. The van der Waals surface area contributed by atoms with Gasteiger partial charge in [-0.25, -0.2) is 0 Å². The van der Waals surface area contributed by atoms with Crippen molar-refractivity contribution in [1.29, 1.82) is 0 Å². The molecule has 1 heterocycles. The fourth-order valence-corrected chi connectivity index (χ4v) is 2.81. The SMILES string of the molecule is CC(C(=O)NC1CCOc2ccccc21)N(C)CC(=O)NC(C)(C)C. The van der Waals surface area contributed by atoms with Gasteiger partial charge in [-0.15, -0.1) is 0 Å². The first kappa shape index (κ1) is 19.2. The summed E-state index contributed by atoms with van der Waals surface area (Å²) in [6.07, 6.45) is 0.740. The van der Waals surface area contributed by atoms with Crippen molar-refractivity contribution in [2.45, 2.75) is 51.7 Å². The van der Waals surface area contributed by atoms with Crippen LogP contribution in [0.3, 0.4) is 0 Å². The molecule has 1 aromatic carbocycles. The number of nitrogens with zero attached hydrogens (tertiary/aromatic N) is 1. The quantitative estimate of drug-likeness (QED) is 0.853. The number of hydrogen-bond acceptors (Lipinski definition) is 4. The number of carbonyl (C=O) groups is 2. The van der Waals surface area contributed by atoms with Crippen molar-refractivity contribution in [2.75, 3.05) is 20.2 Å². The van der Waals surface area contributed by atoms with Crippen LogP contribution in [0, 0.1) is 0 Å². The van der Waals surface area contributed by atoms with Crippen molar-refractivity contribution in [3.63, 3.8) is 0 Å². The Morgan fingerprint density at radius 2 is 2.00 bits per heavy atom. The molecule has 138 valence electrons. The lowest BCUT2D eigenvalue weighted by Gasteiger charge is -2.30. The third-order valence-corrected chi connectivity index (χ3v) is 4.22. The molecule has 0 bridgehead atoms. The maximum Gasteiger partial charge on any atom is 0.237 e. The van der Waals surface area contributed by atoms with Gasteiger partial charge in [0.15, 0.2) is 0 Å². The van der Waals surface area contributed by atoms with E-state index in [2.05, 4.69) is 10.6 Å². The number of rotatable bonds is 5. The van der Waals surface area contributed by atoms with Crippen molar-refractivity contribution in [2.24, 2.45) is 0 Å². The first-order chi connectivity index (χ1) is 11.7. The summed E-state index contributed by atoms with van der Waals surface area (Å²) < 4.78 is 5.63. The van der Waals surface area contributed by atoms with E-state index in [-0.39, 0.29) is 29.9 Å². The molecule has 0 radical (unpaired) electrons. The summed E-state index contributed by atoms with van der Waals surface area (Å²) in [4.78, 5) is 26.4. The van der Waals surface area contributed by atoms with Crippen LogP contribution in [-0.4, -0.2) is 48.5 Å². The van der Waals surface area contributed by atoms with E-state index in [1.54, 1.807) is 11.9 Å². The van der Waals surface area contributed by atoms with Crippen molar-refractivity contribution in [1.82, 2.24) is 15.5 Å². The predicted molar refractivity (Wildman–Crippen MR) is 97.4 cm³/mol. The molecule has 0 spiro atoms. The summed E-state index contributed by atoms with van der Waals surface area (Å²) in [7, 11) is 1.78. The molecule has 6 nitrogen and oxygen atoms in total. The van der Waals surface area contributed by atoms with E-state index in [1.807, 2.05) is 52.0 Å². The molecule has 0 saturated heterocycles. The average molecular weight is 347 g/mol. The van der Waals surface area contributed by atoms with Gasteiger partial charge in [-0.05, 0) is 40.8 Å². The summed E-state index contributed by atoms with van der Waals surface area (Å²) in [5.74, 6) is 0.642. The molecule has 25 heavy (non-hydrogen) atoms. The molecule has 0 fully saturated rings. The number of para-hydroxylation sites is 1. The van der Waals surface area contributed by atoms with Crippen LogP contribution in [0.15, 0.2) is 24.3 Å². The van der Waals surface area contributed by atoms with Crippen molar-refractivity contribution in [3.8, 4) is 5.75 Å². The Kier molecular flexibility index (Phi) is 6.06. The van der Waals surface area contributed by atoms with Crippen LogP contribution in [0.1, 0.15) is 45.7 Å². The van der Waals surface area contributed by atoms with Gasteiger partial charge in [0.05, 0.1) is 25.2 Å². The lowest BCUT2D eigenvalue weighted by Crippen LogP contribution is -2.50. The van der Waals surface area contributed by atoms with Crippen molar-refractivity contribution in [3.05, 3.63) is 29.8 Å². The molecule has 1 aliphatic rings. The van der Waals surface area contributed by atoms with Crippen LogP contribution < -0.4 is 15.4 Å². The van der Waals surface area contributed by atoms with Crippen LogP contribution in [0.4, 0.5) is 0 Å². The van der Waals surface area contributed by atoms with E-state index in [4.69, 9.17) is 4.74 Å². The second-order valence-corrected chi connectivity index (χ2v) is 7.63. The number of benzene rings is 1. The average Bonchev–Trinajstić information content (AvgIpc) is 2.52. The van der Waals surface area contributed by atoms with E-state index in [0.29, 0.717) is 6.61 Å². The van der Waals surface area contributed by atoms with Crippen molar-refractivity contribution < 1.29 is 14.3 Å². The van der Waals surface area contributed by atoms with Crippen LogP contribution in [0.25, 0.3) is 0 Å². The summed E-state index contributed by atoms with van der Waals surface area (Å²) in [6.45, 7) is 8.37. The van der Waals surface area contributed by atoms with Crippen LogP contribution in [-0.2, 0) is 9.59 Å². The van der Waals surface area contributed by atoms with Crippen molar-refractivity contribution >= 4 is 11.8 Å². The minimum absolute atomic E-state index is 0.0586. The molecule has 0 aromatic heterocycles. The standard InChI is InChI=1S/C19H29N3O3/c1-13(22(5)12-17(23)21-19(2,3)4)18(24)20-15-10-11-25-16-9-7-6-8-14(15)16/h6-9,13,15H,10-12H2,1-5H3,(H,20,24)(H,21,23). The molecule has 1 aliphatic heterocycles. The molecule has 2 rings (SSSR count). The minimum Gasteiger partial charge on any atom is -0.493 e. The van der Waals surface area contributed by atoms with E-state index in [1.165, 1.54) is 0 Å². The van der Waals surface area contributed by atoms with E-state index < -0.39 is 6.04 Å². The minimum atomic E-state index is -0.402. The second kappa shape index (κ2) is 7.87. The topological polar surface area (TPSA) is 70.7 Å². The zero-order chi connectivity index (χ0) is 18.6. The van der Waals surface area contributed by atoms with Gasteiger partial charge in [-0.3, -0.25) is 14.5 Å². The monoisotopic (exact) mass is 347 g/mol. The molecule has 2 unspecified atom stereocenters. The van der Waals surface area contributed by atoms with Crippen LogP contribution in [0.5, 0.6) is 5.75 Å².